The predicted octanol–water partition coefficient (Wildman–Crippen LogP) is 3.42. The van der Waals surface area contributed by atoms with Gasteiger partial charge in [-0.25, -0.2) is 0 Å². The Hall–Kier alpha value is -0.190. The molecule has 0 heterocycles. The predicted molar refractivity (Wildman–Crippen MR) is 63.5 cm³/mol. The largest absolute Gasteiger partial charge is 0.305 e. The van der Waals surface area contributed by atoms with Gasteiger partial charge in [0, 0.05) is 11.9 Å². The van der Waals surface area contributed by atoms with Crippen LogP contribution in [0.15, 0.2) is 16.8 Å². The van der Waals surface area contributed by atoms with E-state index in [1.165, 1.54) is 0 Å². The number of nitrogens with one attached hydrogen (secondary N) is 1. The maximum atomic E-state index is 7.73. The van der Waals surface area contributed by atoms with E-state index < -0.39 is 0 Å². The molecule has 0 aliphatic heterocycles. The molecule has 2 nitrogen and oxygen atoms in total. The molecule has 12 heavy (non-hydrogen) atoms. The molecule has 0 fully saturated rings. The minimum atomic E-state index is 0.292. The summed E-state index contributed by atoms with van der Waals surface area (Å²) in [7, 11) is 0. The molecule has 0 bridgehead atoms. The third-order valence-corrected chi connectivity index (χ3v) is 1.91. The quantitative estimate of drug-likeness (QED) is 0.604. The average Bonchev–Trinajstić information content (AvgIpc) is 2.05. The molecule has 0 radical (unpaired) electrons. The molecule has 0 saturated carbocycles. The van der Waals surface area contributed by atoms with Gasteiger partial charge in [-0.2, -0.15) is 0 Å². The van der Waals surface area contributed by atoms with Crippen LogP contribution < -0.4 is 0 Å². The highest BCUT2D eigenvalue weighted by Crippen LogP contribution is 2.10. The molecule has 0 rings (SSSR count). The lowest BCUT2D eigenvalue weighted by Crippen LogP contribution is -2.08. The van der Waals surface area contributed by atoms with Crippen molar-refractivity contribution in [1.82, 2.24) is 0 Å². The average molecular weight is 278 g/mol. The Labute approximate surface area is 87.8 Å². The summed E-state index contributed by atoms with van der Waals surface area (Å²) < 4.78 is 1.71. The van der Waals surface area contributed by atoms with Crippen LogP contribution in [-0.4, -0.2) is 9.93 Å². The molecule has 68 valence electrons. The van der Waals surface area contributed by atoms with Gasteiger partial charge in [0.15, 0.2) is 0 Å². The number of rotatable bonds is 4. The second-order valence-electron chi connectivity index (χ2n) is 2.82. The van der Waals surface area contributed by atoms with Gasteiger partial charge in [-0.1, -0.05) is 20.8 Å². The first-order chi connectivity index (χ1) is 5.63. The van der Waals surface area contributed by atoms with Crippen LogP contribution in [0.5, 0.6) is 0 Å². The van der Waals surface area contributed by atoms with Crippen molar-refractivity contribution in [3.8, 4) is 0 Å². The Morgan fingerprint density at radius 1 is 1.58 bits per heavy atom. The summed E-state index contributed by atoms with van der Waals surface area (Å²) in [5.74, 6) is 0.292. The molecule has 0 aromatic rings. The summed E-state index contributed by atoms with van der Waals surface area (Å²) in [5, 5.41) is 7.73. The second kappa shape index (κ2) is 6.34. The fraction of sp³-hybridized carbons (Fsp3) is 0.556. The zero-order chi connectivity index (χ0) is 9.56. The number of hydrogen-bond donors (Lipinski definition) is 1. The lowest BCUT2D eigenvalue weighted by atomic mass is 9.99. The fourth-order valence-electron chi connectivity index (χ4n) is 0.840. The molecule has 0 atom stereocenters. The van der Waals surface area contributed by atoms with Crippen molar-refractivity contribution < 1.29 is 0 Å². The van der Waals surface area contributed by atoms with Crippen molar-refractivity contribution in [2.75, 3.05) is 0 Å². The number of aliphatic imine (C=N–C) groups is 1. The fourth-order valence-corrected chi connectivity index (χ4v) is 1.00. The minimum absolute atomic E-state index is 0.292. The first-order valence-electron chi connectivity index (χ1n) is 4.03. The van der Waals surface area contributed by atoms with Gasteiger partial charge >= 0.3 is 0 Å². The van der Waals surface area contributed by atoms with E-state index in [9.17, 15) is 0 Å². The molecule has 1 N–H and O–H groups in total. The lowest BCUT2D eigenvalue weighted by molar-refractivity contribution is 0.866. The Morgan fingerprint density at radius 2 is 2.17 bits per heavy atom. The number of allylic oxidation sites excluding steroid dienone is 1. The summed E-state index contributed by atoms with van der Waals surface area (Å²) in [6, 6.07) is 0. The molecule has 3 heteroatoms. The van der Waals surface area contributed by atoms with Crippen LogP contribution >= 0.6 is 22.6 Å². The molecule has 0 aromatic carbocycles. The molecule has 0 aliphatic rings. The Morgan fingerprint density at radius 3 is 2.50 bits per heavy atom. The van der Waals surface area contributed by atoms with Crippen LogP contribution in [0.1, 0.15) is 27.2 Å². The first kappa shape index (κ1) is 11.8. The van der Waals surface area contributed by atoms with Crippen LogP contribution in [-0.2, 0) is 0 Å². The summed E-state index contributed by atoms with van der Waals surface area (Å²) in [6.45, 7) is 6.10. The Bertz CT molecular complexity index is 205. The smallest absolute Gasteiger partial charge is 0.0651 e. The van der Waals surface area contributed by atoms with Gasteiger partial charge in [-0.3, -0.25) is 4.99 Å². The maximum Gasteiger partial charge on any atom is 0.0651 e. The maximum absolute atomic E-state index is 7.73. The summed E-state index contributed by atoms with van der Waals surface area (Å²) in [4.78, 5) is 4.01. The standard InChI is InChI=1S/C9H15IN2/c1-4-8(5-12-6-10)9(11)7(2)3/h5-7,11H,4H2,1-3H3/b8-5-,11-9?,12-6-. The zero-order valence-electron chi connectivity index (χ0n) is 7.76. The monoisotopic (exact) mass is 278 g/mol. The van der Waals surface area contributed by atoms with Crippen LogP contribution in [0.25, 0.3) is 0 Å². The molecule has 0 aliphatic carbocycles. The normalized spacial score (nSPS) is 12.9. The third-order valence-electron chi connectivity index (χ3n) is 1.59. The number of halogens is 1. The van der Waals surface area contributed by atoms with E-state index in [0.717, 1.165) is 12.0 Å². The molecule has 0 amide bonds. The van der Waals surface area contributed by atoms with Crippen LogP contribution in [0.4, 0.5) is 0 Å². The van der Waals surface area contributed by atoms with Crippen LogP contribution in [0.3, 0.4) is 0 Å². The van der Waals surface area contributed by atoms with Gasteiger partial charge < -0.3 is 5.41 Å². The van der Waals surface area contributed by atoms with E-state index in [1.54, 1.807) is 10.4 Å². The molecule has 0 unspecified atom stereocenters. The van der Waals surface area contributed by atoms with Crippen molar-refractivity contribution in [2.24, 2.45) is 10.9 Å². The van der Waals surface area contributed by atoms with E-state index in [4.69, 9.17) is 5.41 Å². The first-order valence-corrected chi connectivity index (χ1v) is 5.27. The van der Waals surface area contributed by atoms with E-state index in [-0.39, 0.29) is 0 Å². The van der Waals surface area contributed by atoms with Crippen LogP contribution in [0.2, 0.25) is 0 Å². The number of nitrogens with zero attached hydrogens (tertiary/aromatic N) is 1. The van der Waals surface area contributed by atoms with E-state index >= 15 is 0 Å². The highest BCUT2D eigenvalue weighted by molar-refractivity contribution is 14.1. The van der Waals surface area contributed by atoms with Gasteiger partial charge in [-0.15, -0.1) is 0 Å². The minimum Gasteiger partial charge on any atom is -0.305 e. The van der Waals surface area contributed by atoms with Crippen molar-refractivity contribution in [2.45, 2.75) is 27.2 Å². The molecule has 0 aromatic heterocycles. The molecular formula is C9H15IN2. The van der Waals surface area contributed by atoms with E-state index in [2.05, 4.69) is 27.6 Å². The summed E-state index contributed by atoms with van der Waals surface area (Å²) in [6.07, 6.45) is 2.65. The molecule has 0 spiro atoms. The molecular weight excluding hydrogens is 263 g/mol. The van der Waals surface area contributed by atoms with Crippen molar-refractivity contribution in [1.29, 1.82) is 5.41 Å². The van der Waals surface area contributed by atoms with Crippen molar-refractivity contribution >= 4 is 32.5 Å². The molecule has 0 saturated heterocycles. The summed E-state index contributed by atoms with van der Waals surface area (Å²) >= 11 is 2.07. The van der Waals surface area contributed by atoms with Gasteiger partial charge in [-0.05, 0) is 40.5 Å². The Kier molecular flexibility index (Phi) is 6.24. The van der Waals surface area contributed by atoms with Crippen molar-refractivity contribution in [3.05, 3.63) is 11.8 Å². The third kappa shape index (κ3) is 3.99. The van der Waals surface area contributed by atoms with E-state index in [0.29, 0.717) is 11.6 Å². The highest BCUT2D eigenvalue weighted by Gasteiger charge is 2.06. The lowest BCUT2D eigenvalue weighted by Gasteiger charge is -2.08. The summed E-state index contributed by atoms with van der Waals surface area (Å²) in [5.41, 5.74) is 1.72. The SMILES string of the molecule is CC/C(=C/N=C\I)C(=N)C(C)C. The highest BCUT2D eigenvalue weighted by atomic mass is 127. The topological polar surface area (TPSA) is 36.2 Å². The van der Waals surface area contributed by atoms with Gasteiger partial charge in [0.25, 0.3) is 0 Å². The Balaban J connectivity index is 4.44. The van der Waals surface area contributed by atoms with Crippen LogP contribution in [0, 0.1) is 11.3 Å². The van der Waals surface area contributed by atoms with Gasteiger partial charge in [0.1, 0.15) is 0 Å². The second-order valence-corrected chi connectivity index (χ2v) is 3.38. The van der Waals surface area contributed by atoms with Crippen molar-refractivity contribution in [3.63, 3.8) is 0 Å². The zero-order valence-corrected chi connectivity index (χ0v) is 9.92. The van der Waals surface area contributed by atoms with Gasteiger partial charge in [0.2, 0.25) is 0 Å². The number of hydrogen-bond acceptors (Lipinski definition) is 2. The van der Waals surface area contributed by atoms with E-state index in [1.807, 2.05) is 20.8 Å². The van der Waals surface area contributed by atoms with Gasteiger partial charge in [0.05, 0.1) is 4.22 Å².